The minimum absolute atomic E-state index is 0.513. The molecule has 1 fully saturated rings. The smallest absolute Gasteiger partial charge is 0.196 e. The molecule has 0 radical (unpaired) electrons. The highest BCUT2D eigenvalue weighted by atomic mass is 16.3. The highest BCUT2D eigenvalue weighted by molar-refractivity contribution is 5.95. The number of nitrogens with one attached hydrogen (secondary N) is 2. The van der Waals surface area contributed by atoms with Gasteiger partial charge in [0.1, 0.15) is 0 Å². The van der Waals surface area contributed by atoms with E-state index in [0.29, 0.717) is 13.1 Å². The fraction of sp³-hybridized carbons (Fsp3) is 0.462. The molecule has 1 saturated carbocycles. The molecule has 4 nitrogen and oxygen atoms in total. The molecule has 0 saturated heterocycles. The Hall–Kier alpha value is -1.55. The summed E-state index contributed by atoms with van der Waals surface area (Å²) < 4.78 is 0. The second-order valence-electron chi connectivity index (χ2n) is 4.88. The zero-order valence-electron chi connectivity index (χ0n) is 9.74. The van der Waals surface area contributed by atoms with E-state index in [1.54, 1.807) is 0 Å². The summed E-state index contributed by atoms with van der Waals surface area (Å²) in [4.78, 5) is 4.42. The molecule has 0 atom stereocenters. The Morgan fingerprint density at radius 3 is 2.94 bits per heavy atom. The maximum Gasteiger partial charge on any atom is 0.196 e. The van der Waals surface area contributed by atoms with E-state index in [2.05, 4.69) is 21.7 Å². The van der Waals surface area contributed by atoms with Crippen molar-refractivity contribution in [3.8, 4) is 0 Å². The summed E-state index contributed by atoms with van der Waals surface area (Å²) in [6.07, 6.45) is 2.91. The Morgan fingerprint density at radius 1 is 1.35 bits per heavy atom. The lowest BCUT2D eigenvalue weighted by Crippen LogP contribution is -2.49. The highest BCUT2D eigenvalue weighted by Gasteiger charge is 2.34. The minimum atomic E-state index is -0.513. The Labute approximate surface area is 101 Å². The monoisotopic (exact) mass is 231 g/mol. The van der Waals surface area contributed by atoms with Gasteiger partial charge < -0.3 is 15.7 Å². The molecule has 4 heteroatoms. The van der Waals surface area contributed by atoms with Crippen LogP contribution in [-0.2, 0) is 6.54 Å². The SMILES string of the molecule is OC1(CNC2=NCc3ccccc3N2)CCC1. The molecule has 17 heavy (non-hydrogen) atoms. The fourth-order valence-corrected chi connectivity index (χ4v) is 2.22. The maximum atomic E-state index is 9.99. The van der Waals surface area contributed by atoms with E-state index in [4.69, 9.17) is 0 Å². The van der Waals surface area contributed by atoms with Gasteiger partial charge >= 0.3 is 0 Å². The van der Waals surface area contributed by atoms with Crippen LogP contribution in [0, 0.1) is 0 Å². The van der Waals surface area contributed by atoms with Gasteiger partial charge in [-0.05, 0) is 30.9 Å². The quantitative estimate of drug-likeness (QED) is 0.722. The van der Waals surface area contributed by atoms with Gasteiger partial charge in [-0.15, -0.1) is 0 Å². The number of benzene rings is 1. The number of aliphatic imine (C=N–C) groups is 1. The number of rotatable bonds is 2. The topological polar surface area (TPSA) is 56.6 Å². The van der Waals surface area contributed by atoms with Crippen molar-refractivity contribution in [3.05, 3.63) is 29.8 Å². The molecule has 1 aromatic carbocycles. The van der Waals surface area contributed by atoms with Crippen LogP contribution in [0.4, 0.5) is 5.69 Å². The molecule has 1 aliphatic heterocycles. The summed E-state index contributed by atoms with van der Waals surface area (Å²) in [5, 5.41) is 16.4. The van der Waals surface area contributed by atoms with Crippen molar-refractivity contribution in [2.45, 2.75) is 31.4 Å². The van der Waals surface area contributed by atoms with Gasteiger partial charge in [0.25, 0.3) is 0 Å². The predicted molar refractivity (Wildman–Crippen MR) is 68.0 cm³/mol. The van der Waals surface area contributed by atoms with Gasteiger partial charge in [-0.25, -0.2) is 4.99 Å². The van der Waals surface area contributed by atoms with Gasteiger partial charge in [0, 0.05) is 12.2 Å². The summed E-state index contributed by atoms with van der Waals surface area (Å²) >= 11 is 0. The molecule has 3 rings (SSSR count). The van der Waals surface area contributed by atoms with Crippen molar-refractivity contribution in [2.75, 3.05) is 11.9 Å². The number of fused-ring (bicyclic) bond motifs is 1. The third kappa shape index (κ3) is 2.13. The Balaban J connectivity index is 1.61. The fourth-order valence-electron chi connectivity index (χ4n) is 2.22. The van der Waals surface area contributed by atoms with Crippen LogP contribution in [0.1, 0.15) is 24.8 Å². The number of guanidine groups is 1. The van der Waals surface area contributed by atoms with Gasteiger partial charge in [0.2, 0.25) is 0 Å². The zero-order chi connectivity index (χ0) is 11.7. The molecule has 1 aromatic rings. The second kappa shape index (κ2) is 4.04. The van der Waals surface area contributed by atoms with Crippen molar-refractivity contribution in [1.82, 2.24) is 5.32 Å². The highest BCUT2D eigenvalue weighted by Crippen LogP contribution is 2.30. The molecule has 0 aromatic heterocycles. The van der Waals surface area contributed by atoms with Crippen molar-refractivity contribution < 1.29 is 5.11 Å². The van der Waals surface area contributed by atoms with Crippen LogP contribution >= 0.6 is 0 Å². The molecule has 1 heterocycles. The number of hydrogen-bond acceptors (Lipinski definition) is 4. The molecule has 2 aliphatic rings. The number of aliphatic hydroxyl groups is 1. The van der Waals surface area contributed by atoms with Gasteiger partial charge in [-0.2, -0.15) is 0 Å². The lowest BCUT2D eigenvalue weighted by molar-refractivity contribution is -0.0277. The standard InChI is InChI=1S/C13H17N3O/c17-13(6-3-7-13)9-15-12-14-8-10-4-1-2-5-11(10)16-12/h1-2,4-5,17H,3,6-9H2,(H2,14,15,16). The van der Waals surface area contributed by atoms with E-state index in [0.717, 1.165) is 30.9 Å². The third-order valence-electron chi connectivity index (χ3n) is 3.55. The van der Waals surface area contributed by atoms with E-state index in [1.165, 1.54) is 5.56 Å². The number of hydrogen-bond donors (Lipinski definition) is 3. The molecule has 0 bridgehead atoms. The predicted octanol–water partition coefficient (Wildman–Crippen LogP) is 1.47. The summed E-state index contributed by atoms with van der Waals surface area (Å²) in [7, 11) is 0. The van der Waals surface area contributed by atoms with Crippen LogP contribution in [0.5, 0.6) is 0 Å². The van der Waals surface area contributed by atoms with Gasteiger partial charge in [0.15, 0.2) is 5.96 Å². The lowest BCUT2D eigenvalue weighted by atomic mass is 9.80. The van der Waals surface area contributed by atoms with Crippen molar-refractivity contribution in [3.63, 3.8) is 0 Å². The molecule has 0 spiro atoms. The summed E-state index contributed by atoms with van der Waals surface area (Å²) in [6, 6.07) is 8.14. The van der Waals surface area contributed by atoms with Crippen LogP contribution in [0.3, 0.4) is 0 Å². The summed E-state index contributed by atoms with van der Waals surface area (Å²) in [5.41, 5.74) is 1.80. The van der Waals surface area contributed by atoms with Crippen LogP contribution in [-0.4, -0.2) is 23.2 Å². The minimum Gasteiger partial charge on any atom is -0.388 e. The molecular weight excluding hydrogens is 214 g/mol. The van der Waals surface area contributed by atoms with Crippen LogP contribution < -0.4 is 10.6 Å². The molecule has 3 N–H and O–H groups in total. The largest absolute Gasteiger partial charge is 0.388 e. The first-order valence-electron chi connectivity index (χ1n) is 6.11. The normalized spacial score (nSPS) is 20.6. The molecule has 90 valence electrons. The van der Waals surface area contributed by atoms with E-state index < -0.39 is 5.60 Å². The maximum absolute atomic E-state index is 9.99. The first-order valence-corrected chi connectivity index (χ1v) is 6.11. The zero-order valence-corrected chi connectivity index (χ0v) is 9.74. The first kappa shape index (κ1) is 10.6. The first-order chi connectivity index (χ1) is 8.25. The molecule has 0 amide bonds. The Kier molecular flexibility index (Phi) is 2.52. The summed E-state index contributed by atoms with van der Waals surface area (Å²) in [5.74, 6) is 0.768. The molecular formula is C13H17N3O. The average Bonchev–Trinajstić information content (AvgIpc) is 2.34. The third-order valence-corrected chi connectivity index (χ3v) is 3.55. The van der Waals surface area contributed by atoms with Crippen molar-refractivity contribution in [1.29, 1.82) is 0 Å². The van der Waals surface area contributed by atoms with E-state index in [-0.39, 0.29) is 0 Å². The van der Waals surface area contributed by atoms with Gasteiger partial charge in [0.05, 0.1) is 12.1 Å². The number of nitrogens with zero attached hydrogens (tertiary/aromatic N) is 1. The number of para-hydroxylation sites is 1. The average molecular weight is 231 g/mol. The number of anilines is 1. The van der Waals surface area contributed by atoms with Crippen molar-refractivity contribution in [2.24, 2.45) is 4.99 Å². The van der Waals surface area contributed by atoms with Gasteiger partial charge in [-0.3, -0.25) is 0 Å². The van der Waals surface area contributed by atoms with Crippen LogP contribution in [0.25, 0.3) is 0 Å². The molecule has 1 aliphatic carbocycles. The van der Waals surface area contributed by atoms with E-state index in [1.807, 2.05) is 18.2 Å². The summed E-state index contributed by atoms with van der Waals surface area (Å²) in [6.45, 7) is 1.28. The van der Waals surface area contributed by atoms with Crippen molar-refractivity contribution >= 4 is 11.6 Å². The lowest BCUT2D eigenvalue weighted by Gasteiger charge is -2.37. The molecule has 0 unspecified atom stereocenters. The van der Waals surface area contributed by atoms with Crippen LogP contribution in [0.2, 0.25) is 0 Å². The van der Waals surface area contributed by atoms with Crippen LogP contribution in [0.15, 0.2) is 29.3 Å². The Morgan fingerprint density at radius 2 is 2.18 bits per heavy atom. The Bertz CT molecular complexity index is 452. The van der Waals surface area contributed by atoms with E-state index >= 15 is 0 Å². The van der Waals surface area contributed by atoms with Gasteiger partial charge in [-0.1, -0.05) is 18.2 Å². The second-order valence-corrected chi connectivity index (χ2v) is 4.88. The van der Waals surface area contributed by atoms with E-state index in [9.17, 15) is 5.11 Å².